The molecule has 3 aromatic rings. The van der Waals surface area contributed by atoms with Crippen LogP contribution in [-0.4, -0.2) is 29.0 Å². The molecule has 1 unspecified atom stereocenters. The molecule has 0 bridgehead atoms. The maximum atomic E-state index is 12.9. The molecule has 1 N–H and O–H groups in total. The summed E-state index contributed by atoms with van der Waals surface area (Å²) in [5, 5.41) is 3.96. The molecule has 1 aliphatic heterocycles. The molecule has 2 heterocycles. The molecule has 0 aliphatic carbocycles. The molecule has 2 aromatic carbocycles. The number of carbonyl (C=O) groups is 1. The number of hydrogen-bond acceptors (Lipinski definition) is 5. The highest BCUT2D eigenvalue weighted by Crippen LogP contribution is 2.34. The number of carbonyl (C=O) groups excluding carboxylic acids is 1. The van der Waals surface area contributed by atoms with Gasteiger partial charge < -0.3 is 10.2 Å². The van der Waals surface area contributed by atoms with E-state index in [0.29, 0.717) is 6.54 Å². The molecule has 1 amide bonds. The van der Waals surface area contributed by atoms with Crippen molar-refractivity contribution in [3.63, 3.8) is 0 Å². The van der Waals surface area contributed by atoms with Crippen molar-refractivity contribution in [2.75, 3.05) is 23.3 Å². The molecule has 0 saturated carbocycles. The molecule has 1 aliphatic rings. The van der Waals surface area contributed by atoms with Crippen LogP contribution in [-0.2, 0) is 11.2 Å². The van der Waals surface area contributed by atoms with Gasteiger partial charge in [0.15, 0.2) is 5.82 Å². The minimum absolute atomic E-state index is 0.0683. The van der Waals surface area contributed by atoms with Crippen molar-refractivity contribution >= 4 is 29.2 Å². The number of piperidine rings is 1. The Morgan fingerprint density at radius 3 is 2.63 bits per heavy atom. The van der Waals surface area contributed by atoms with Gasteiger partial charge in [-0.05, 0) is 49.1 Å². The van der Waals surface area contributed by atoms with Crippen molar-refractivity contribution in [1.82, 2.24) is 9.97 Å². The SMILES string of the molecule is CCc1ccc(NC(=O)C2CCCN(c3nccnc3Sc3ccccc3)C2)cc1. The van der Waals surface area contributed by atoms with Crippen LogP contribution in [0.2, 0.25) is 0 Å². The molecule has 6 heteroatoms. The smallest absolute Gasteiger partial charge is 0.229 e. The first kappa shape index (κ1) is 20.4. The van der Waals surface area contributed by atoms with E-state index in [9.17, 15) is 4.79 Å². The number of amides is 1. The second-order valence-electron chi connectivity index (χ2n) is 7.43. The van der Waals surface area contributed by atoms with Crippen LogP contribution in [0.4, 0.5) is 11.5 Å². The monoisotopic (exact) mass is 418 g/mol. The summed E-state index contributed by atoms with van der Waals surface area (Å²) in [5.41, 5.74) is 2.12. The fourth-order valence-corrected chi connectivity index (χ4v) is 4.56. The highest BCUT2D eigenvalue weighted by Gasteiger charge is 2.28. The van der Waals surface area contributed by atoms with Crippen LogP contribution in [0.3, 0.4) is 0 Å². The second-order valence-corrected chi connectivity index (χ2v) is 8.49. The van der Waals surface area contributed by atoms with Gasteiger partial charge in [-0.3, -0.25) is 4.79 Å². The van der Waals surface area contributed by atoms with Crippen LogP contribution in [0, 0.1) is 5.92 Å². The number of nitrogens with one attached hydrogen (secondary N) is 1. The van der Waals surface area contributed by atoms with E-state index in [2.05, 4.69) is 51.4 Å². The van der Waals surface area contributed by atoms with Crippen molar-refractivity contribution in [2.45, 2.75) is 36.1 Å². The summed E-state index contributed by atoms with van der Waals surface area (Å²) in [7, 11) is 0. The van der Waals surface area contributed by atoms with Crippen LogP contribution in [0.1, 0.15) is 25.3 Å². The van der Waals surface area contributed by atoms with Crippen molar-refractivity contribution < 1.29 is 4.79 Å². The number of hydrogen-bond donors (Lipinski definition) is 1. The summed E-state index contributed by atoms with van der Waals surface area (Å²) in [6.45, 7) is 3.66. The first-order valence-electron chi connectivity index (χ1n) is 10.4. The van der Waals surface area contributed by atoms with Gasteiger partial charge in [-0.2, -0.15) is 0 Å². The van der Waals surface area contributed by atoms with E-state index in [1.807, 2.05) is 30.3 Å². The van der Waals surface area contributed by atoms with Crippen molar-refractivity contribution in [2.24, 2.45) is 5.92 Å². The Morgan fingerprint density at radius 2 is 1.87 bits per heavy atom. The number of rotatable bonds is 6. The first-order valence-corrected chi connectivity index (χ1v) is 11.2. The summed E-state index contributed by atoms with van der Waals surface area (Å²) < 4.78 is 0. The van der Waals surface area contributed by atoms with E-state index in [-0.39, 0.29) is 11.8 Å². The lowest BCUT2D eigenvalue weighted by Crippen LogP contribution is -2.41. The van der Waals surface area contributed by atoms with Crippen LogP contribution in [0.5, 0.6) is 0 Å². The van der Waals surface area contributed by atoms with E-state index in [4.69, 9.17) is 0 Å². The lowest BCUT2D eigenvalue weighted by Gasteiger charge is -2.33. The van der Waals surface area contributed by atoms with Gasteiger partial charge >= 0.3 is 0 Å². The lowest BCUT2D eigenvalue weighted by molar-refractivity contribution is -0.120. The van der Waals surface area contributed by atoms with E-state index in [0.717, 1.165) is 47.2 Å². The molecule has 1 aromatic heterocycles. The van der Waals surface area contributed by atoms with Crippen molar-refractivity contribution in [1.29, 1.82) is 0 Å². The Labute approximate surface area is 181 Å². The average Bonchev–Trinajstić information content (AvgIpc) is 2.81. The van der Waals surface area contributed by atoms with Crippen LogP contribution >= 0.6 is 11.8 Å². The zero-order chi connectivity index (χ0) is 20.8. The average molecular weight is 419 g/mol. The molecule has 30 heavy (non-hydrogen) atoms. The standard InChI is InChI=1S/C24H26N4OS/c1-2-18-10-12-20(13-11-18)27-23(29)19-7-6-16-28(17-19)22-24(26-15-14-25-22)30-21-8-4-3-5-9-21/h3-5,8-15,19H,2,6-7,16-17H2,1H3,(H,27,29). The van der Waals surface area contributed by atoms with Crippen LogP contribution < -0.4 is 10.2 Å². The summed E-state index contributed by atoms with van der Waals surface area (Å²) >= 11 is 1.61. The molecule has 4 rings (SSSR count). The Hall–Kier alpha value is -2.86. The summed E-state index contributed by atoms with van der Waals surface area (Å²) in [6, 6.07) is 18.3. The quantitative estimate of drug-likeness (QED) is 0.607. The van der Waals surface area contributed by atoms with Gasteiger partial charge in [0.2, 0.25) is 5.91 Å². The van der Waals surface area contributed by atoms with Gasteiger partial charge in [0.05, 0.1) is 5.92 Å². The molecular formula is C24H26N4OS. The van der Waals surface area contributed by atoms with Gasteiger partial charge in [0.1, 0.15) is 5.03 Å². The fraction of sp³-hybridized carbons (Fsp3) is 0.292. The van der Waals surface area contributed by atoms with Crippen molar-refractivity contribution in [3.05, 3.63) is 72.6 Å². The molecular weight excluding hydrogens is 392 g/mol. The minimum atomic E-state index is -0.0683. The predicted molar refractivity (Wildman–Crippen MR) is 122 cm³/mol. The summed E-state index contributed by atoms with van der Waals surface area (Å²) in [5.74, 6) is 0.863. The van der Waals surface area contributed by atoms with E-state index >= 15 is 0 Å². The van der Waals surface area contributed by atoms with Crippen LogP contribution in [0.25, 0.3) is 0 Å². The highest BCUT2D eigenvalue weighted by atomic mass is 32.2. The van der Waals surface area contributed by atoms with Crippen molar-refractivity contribution in [3.8, 4) is 0 Å². The second kappa shape index (κ2) is 9.76. The van der Waals surface area contributed by atoms with Gasteiger partial charge in [0.25, 0.3) is 0 Å². The lowest BCUT2D eigenvalue weighted by atomic mass is 9.97. The minimum Gasteiger partial charge on any atom is -0.354 e. The largest absolute Gasteiger partial charge is 0.354 e. The van der Waals surface area contributed by atoms with Crippen LogP contribution in [0.15, 0.2) is 76.9 Å². The Balaban J connectivity index is 1.45. The molecule has 1 saturated heterocycles. The third kappa shape index (κ3) is 5.00. The first-order chi connectivity index (χ1) is 14.7. The topological polar surface area (TPSA) is 58.1 Å². The Bertz CT molecular complexity index is 978. The maximum absolute atomic E-state index is 12.9. The summed E-state index contributed by atoms with van der Waals surface area (Å²) in [6.07, 6.45) is 6.29. The van der Waals surface area contributed by atoms with E-state index in [1.165, 1.54) is 5.56 Å². The molecule has 154 valence electrons. The Morgan fingerprint density at radius 1 is 1.10 bits per heavy atom. The number of anilines is 2. The third-order valence-electron chi connectivity index (χ3n) is 5.33. The number of aryl methyl sites for hydroxylation is 1. The molecule has 0 spiro atoms. The molecule has 1 fully saturated rings. The molecule has 0 radical (unpaired) electrons. The van der Waals surface area contributed by atoms with Gasteiger partial charge in [-0.1, -0.05) is 49.0 Å². The van der Waals surface area contributed by atoms with E-state index < -0.39 is 0 Å². The highest BCUT2D eigenvalue weighted by molar-refractivity contribution is 7.99. The molecule has 5 nitrogen and oxygen atoms in total. The van der Waals surface area contributed by atoms with Gasteiger partial charge in [-0.15, -0.1) is 0 Å². The fourth-order valence-electron chi connectivity index (χ4n) is 3.66. The normalized spacial score (nSPS) is 16.3. The number of nitrogens with zero attached hydrogens (tertiary/aromatic N) is 3. The van der Waals surface area contributed by atoms with Gasteiger partial charge in [-0.25, -0.2) is 9.97 Å². The zero-order valence-corrected chi connectivity index (χ0v) is 17.9. The number of aromatic nitrogens is 2. The Kier molecular flexibility index (Phi) is 6.64. The maximum Gasteiger partial charge on any atom is 0.229 e. The van der Waals surface area contributed by atoms with E-state index in [1.54, 1.807) is 24.2 Å². The zero-order valence-electron chi connectivity index (χ0n) is 17.1. The third-order valence-corrected chi connectivity index (χ3v) is 6.31. The molecule has 1 atom stereocenters. The van der Waals surface area contributed by atoms with Gasteiger partial charge in [0, 0.05) is 36.1 Å². The summed E-state index contributed by atoms with van der Waals surface area (Å²) in [4.78, 5) is 25.4. The number of benzene rings is 2. The predicted octanol–water partition coefficient (Wildman–Crippen LogP) is 5.05.